The summed E-state index contributed by atoms with van der Waals surface area (Å²) >= 11 is 0. The minimum atomic E-state index is -0.268. The molecule has 0 aliphatic heterocycles. The molecule has 1 rings (SSSR count). The highest BCUT2D eigenvalue weighted by Gasteiger charge is 1.98. The average molecular weight is 170 g/mol. The molecule has 0 saturated carbocycles. The molecule has 0 aliphatic carbocycles. The van der Waals surface area contributed by atoms with E-state index < -0.39 is 0 Å². The Balaban J connectivity index is 2.46. The van der Waals surface area contributed by atoms with E-state index >= 15 is 0 Å². The van der Waals surface area contributed by atoms with Crippen LogP contribution in [0.5, 0.6) is 0 Å². The monoisotopic (exact) mass is 170 g/mol. The molecular formula is C9H11FO2. The fourth-order valence-corrected chi connectivity index (χ4v) is 0.862. The topological polar surface area (TPSA) is 29.5 Å². The van der Waals surface area contributed by atoms with Gasteiger partial charge in [0.15, 0.2) is 0 Å². The summed E-state index contributed by atoms with van der Waals surface area (Å²) in [5.74, 6) is -0.268. The van der Waals surface area contributed by atoms with Crippen LogP contribution in [0, 0.1) is 5.82 Å². The first-order valence-corrected chi connectivity index (χ1v) is 3.76. The lowest BCUT2D eigenvalue weighted by atomic mass is 10.2. The normalized spacial score (nSPS) is 10.2. The maximum atomic E-state index is 12.9. The van der Waals surface area contributed by atoms with Crippen LogP contribution < -0.4 is 0 Å². The molecule has 66 valence electrons. The fraction of sp³-hybridized carbons (Fsp3) is 0.333. The van der Waals surface area contributed by atoms with Gasteiger partial charge in [-0.2, -0.15) is 0 Å². The zero-order valence-corrected chi connectivity index (χ0v) is 6.66. The van der Waals surface area contributed by atoms with Crippen LogP contribution in [0.15, 0.2) is 24.3 Å². The van der Waals surface area contributed by atoms with Crippen LogP contribution in [0.2, 0.25) is 0 Å². The Kier molecular flexibility index (Phi) is 3.70. The maximum Gasteiger partial charge on any atom is 0.128 e. The Bertz CT molecular complexity index is 238. The van der Waals surface area contributed by atoms with E-state index in [1.807, 2.05) is 0 Å². The fourth-order valence-electron chi connectivity index (χ4n) is 0.862. The van der Waals surface area contributed by atoms with Gasteiger partial charge in [0.25, 0.3) is 0 Å². The van der Waals surface area contributed by atoms with Crippen LogP contribution in [0.3, 0.4) is 0 Å². The van der Waals surface area contributed by atoms with Crippen molar-refractivity contribution in [3.05, 3.63) is 35.6 Å². The molecule has 0 atom stereocenters. The van der Waals surface area contributed by atoms with Crippen molar-refractivity contribution < 1.29 is 14.2 Å². The molecule has 1 N–H and O–H groups in total. The van der Waals surface area contributed by atoms with Crippen LogP contribution in [0.1, 0.15) is 5.56 Å². The lowest BCUT2D eigenvalue weighted by Gasteiger charge is -2.02. The summed E-state index contributed by atoms with van der Waals surface area (Å²) in [6.07, 6.45) is 0. The Labute approximate surface area is 70.6 Å². The van der Waals surface area contributed by atoms with E-state index in [9.17, 15) is 4.39 Å². The number of rotatable bonds is 4. The maximum absolute atomic E-state index is 12.9. The Morgan fingerprint density at radius 1 is 1.33 bits per heavy atom. The molecule has 0 radical (unpaired) electrons. The smallest absolute Gasteiger partial charge is 0.128 e. The zero-order chi connectivity index (χ0) is 8.81. The second kappa shape index (κ2) is 4.85. The first-order chi connectivity index (χ1) is 5.84. The predicted octanol–water partition coefficient (Wildman–Crippen LogP) is 1.33. The van der Waals surface area contributed by atoms with Gasteiger partial charge in [-0.1, -0.05) is 18.2 Å². The molecule has 0 amide bonds. The highest BCUT2D eigenvalue weighted by molar-refractivity contribution is 5.16. The third kappa shape index (κ3) is 2.60. The third-order valence-electron chi connectivity index (χ3n) is 1.45. The second-order valence-corrected chi connectivity index (χ2v) is 2.37. The quantitative estimate of drug-likeness (QED) is 0.691. The van der Waals surface area contributed by atoms with Crippen molar-refractivity contribution in [3.63, 3.8) is 0 Å². The highest BCUT2D eigenvalue weighted by Crippen LogP contribution is 2.06. The Morgan fingerprint density at radius 2 is 2.08 bits per heavy atom. The van der Waals surface area contributed by atoms with Crippen molar-refractivity contribution in [3.8, 4) is 0 Å². The molecule has 3 heteroatoms. The molecule has 12 heavy (non-hydrogen) atoms. The van der Waals surface area contributed by atoms with Crippen molar-refractivity contribution in [2.75, 3.05) is 13.2 Å². The van der Waals surface area contributed by atoms with E-state index in [1.54, 1.807) is 18.2 Å². The Morgan fingerprint density at radius 3 is 2.75 bits per heavy atom. The van der Waals surface area contributed by atoms with Gasteiger partial charge in [-0.25, -0.2) is 4.39 Å². The molecular weight excluding hydrogens is 159 g/mol. The van der Waals surface area contributed by atoms with Gasteiger partial charge < -0.3 is 9.84 Å². The molecule has 0 spiro atoms. The largest absolute Gasteiger partial charge is 0.394 e. The molecule has 0 bridgehead atoms. The van der Waals surface area contributed by atoms with E-state index in [2.05, 4.69) is 0 Å². The molecule has 0 fully saturated rings. The summed E-state index contributed by atoms with van der Waals surface area (Å²) in [6, 6.07) is 6.43. The van der Waals surface area contributed by atoms with Gasteiger partial charge in [-0.15, -0.1) is 0 Å². The summed E-state index contributed by atoms with van der Waals surface area (Å²) in [5, 5.41) is 8.39. The van der Waals surface area contributed by atoms with Crippen LogP contribution in [-0.4, -0.2) is 18.3 Å². The minimum absolute atomic E-state index is 0.0333. The van der Waals surface area contributed by atoms with Gasteiger partial charge in [0, 0.05) is 5.56 Å². The van der Waals surface area contributed by atoms with Gasteiger partial charge in [0.2, 0.25) is 0 Å². The van der Waals surface area contributed by atoms with Crippen LogP contribution >= 0.6 is 0 Å². The van der Waals surface area contributed by atoms with E-state index in [0.29, 0.717) is 5.56 Å². The van der Waals surface area contributed by atoms with Gasteiger partial charge in [0.1, 0.15) is 5.82 Å². The summed E-state index contributed by atoms with van der Waals surface area (Å²) in [4.78, 5) is 0. The zero-order valence-electron chi connectivity index (χ0n) is 6.66. The Hall–Kier alpha value is -0.930. The molecule has 0 aromatic heterocycles. The third-order valence-corrected chi connectivity index (χ3v) is 1.45. The van der Waals surface area contributed by atoms with Crippen LogP contribution in [0.25, 0.3) is 0 Å². The van der Waals surface area contributed by atoms with Crippen LogP contribution in [0.4, 0.5) is 4.39 Å². The number of hydrogen-bond acceptors (Lipinski definition) is 2. The van der Waals surface area contributed by atoms with Gasteiger partial charge in [-0.05, 0) is 6.07 Å². The number of halogens is 1. The number of aliphatic hydroxyl groups excluding tert-OH is 1. The predicted molar refractivity (Wildman–Crippen MR) is 43.1 cm³/mol. The van der Waals surface area contributed by atoms with Crippen molar-refractivity contribution in [1.82, 2.24) is 0 Å². The molecule has 0 aliphatic rings. The van der Waals surface area contributed by atoms with Crippen molar-refractivity contribution in [2.45, 2.75) is 6.61 Å². The average Bonchev–Trinajstić information content (AvgIpc) is 2.09. The first-order valence-electron chi connectivity index (χ1n) is 3.76. The van der Waals surface area contributed by atoms with Gasteiger partial charge in [-0.3, -0.25) is 0 Å². The highest BCUT2D eigenvalue weighted by atomic mass is 19.1. The van der Waals surface area contributed by atoms with E-state index in [-0.39, 0.29) is 25.6 Å². The number of hydrogen-bond donors (Lipinski definition) is 1. The van der Waals surface area contributed by atoms with E-state index in [0.717, 1.165) is 0 Å². The summed E-state index contributed by atoms with van der Waals surface area (Å²) in [7, 11) is 0. The lowest BCUT2D eigenvalue weighted by Crippen LogP contribution is -2.00. The van der Waals surface area contributed by atoms with Crippen LogP contribution in [-0.2, 0) is 11.3 Å². The van der Waals surface area contributed by atoms with Crippen molar-refractivity contribution >= 4 is 0 Å². The van der Waals surface area contributed by atoms with Gasteiger partial charge in [0.05, 0.1) is 19.8 Å². The summed E-state index contributed by atoms with van der Waals surface area (Å²) < 4.78 is 17.8. The molecule has 0 unspecified atom stereocenters. The lowest BCUT2D eigenvalue weighted by molar-refractivity contribution is 0.0799. The van der Waals surface area contributed by atoms with Gasteiger partial charge >= 0.3 is 0 Å². The standard InChI is InChI=1S/C9H11FO2/c10-9-4-2-1-3-8(9)7-12-6-5-11/h1-4,11H,5-7H2. The summed E-state index contributed by atoms with van der Waals surface area (Å²) in [6.45, 7) is 0.427. The van der Waals surface area contributed by atoms with E-state index in [4.69, 9.17) is 9.84 Å². The van der Waals surface area contributed by atoms with Crippen molar-refractivity contribution in [2.24, 2.45) is 0 Å². The number of ether oxygens (including phenoxy) is 1. The molecule has 0 saturated heterocycles. The molecule has 1 aromatic carbocycles. The van der Waals surface area contributed by atoms with Crippen molar-refractivity contribution in [1.29, 1.82) is 0 Å². The molecule has 2 nitrogen and oxygen atoms in total. The minimum Gasteiger partial charge on any atom is -0.394 e. The second-order valence-electron chi connectivity index (χ2n) is 2.37. The number of aliphatic hydroxyl groups is 1. The number of benzene rings is 1. The summed E-state index contributed by atoms with van der Waals surface area (Å²) in [5.41, 5.74) is 0.519. The molecule has 0 heterocycles. The SMILES string of the molecule is OCCOCc1ccccc1F. The first kappa shape index (κ1) is 9.16. The van der Waals surface area contributed by atoms with E-state index in [1.165, 1.54) is 6.07 Å². The molecule has 1 aromatic rings.